The molecule has 0 saturated carbocycles. The van der Waals surface area contributed by atoms with Crippen molar-refractivity contribution in [2.45, 2.75) is 0 Å². The molecule has 0 aliphatic rings. The van der Waals surface area contributed by atoms with Crippen LogP contribution in [0.4, 0.5) is 0 Å². The molecule has 2 heterocycles. The predicted octanol–water partition coefficient (Wildman–Crippen LogP) is 11.0. The zero-order chi connectivity index (χ0) is 32.9. The molecule has 7 aromatic rings. The van der Waals surface area contributed by atoms with Crippen LogP contribution in [0.3, 0.4) is 0 Å². The van der Waals surface area contributed by atoms with E-state index in [1.165, 1.54) is 0 Å². The lowest BCUT2D eigenvalue weighted by atomic mass is 9.96. The topological polar surface area (TPSA) is 62.5 Å². The van der Waals surface area contributed by atoms with Gasteiger partial charge < -0.3 is 0 Å². The van der Waals surface area contributed by atoms with Gasteiger partial charge in [0, 0.05) is 22.3 Å². The van der Waals surface area contributed by atoms with E-state index in [2.05, 4.69) is 79.9 Å². The molecular weight excluding hydrogens is 585 g/mol. The minimum absolute atomic E-state index is 0.628. The van der Waals surface area contributed by atoms with E-state index < -0.39 is 0 Å². The number of nitriles is 1. The Hall–Kier alpha value is -6.70. The lowest BCUT2D eigenvalue weighted by Crippen LogP contribution is -2.00. The van der Waals surface area contributed by atoms with Crippen LogP contribution in [0.25, 0.3) is 79.4 Å². The lowest BCUT2D eigenvalue weighted by Gasteiger charge is -2.14. The highest BCUT2D eigenvalue weighted by Crippen LogP contribution is 2.35. The number of hydrogen-bond donors (Lipinski definition) is 0. The zero-order valence-electron chi connectivity index (χ0n) is 26.2. The molecule has 0 spiro atoms. The van der Waals surface area contributed by atoms with Crippen molar-refractivity contribution in [3.05, 3.63) is 176 Å². The normalized spacial score (nSPS) is 10.6. The first-order valence-electron chi connectivity index (χ1n) is 15.6. The van der Waals surface area contributed by atoms with Gasteiger partial charge >= 0.3 is 0 Å². The van der Waals surface area contributed by atoms with Gasteiger partial charge in [0.25, 0.3) is 0 Å². The van der Waals surface area contributed by atoms with Crippen molar-refractivity contribution in [3.8, 4) is 73.4 Å². The summed E-state index contributed by atoms with van der Waals surface area (Å²) < 4.78 is 0. The number of benzene rings is 5. The minimum Gasteiger partial charge on any atom is -0.248 e. The first-order valence-corrected chi connectivity index (χ1v) is 15.6. The van der Waals surface area contributed by atoms with E-state index in [4.69, 9.17) is 15.0 Å². The molecular formula is C44H30N4. The Bertz CT molecular complexity index is 2240. The number of aromatic nitrogens is 3. The molecule has 4 nitrogen and oxygen atoms in total. The third kappa shape index (κ3) is 6.09. The first kappa shape index (κ1) is 30.0. The number of rotatable bonds is 8. The molecule has 0 atom stereocenters. The second-order valence-corrected chi connectivity index (χ2v) is 11.3. The van der Waals surface area contributed by atoms with E-state index in [1.54, 1.807) is 12.2 Å². The summed E-state index contributed by atoms with van der Waals surface area (Å²) in [6.07, 6.45) is 3.42. The van der Waals surface area contributed by atoms with E-state index in [9.17, 15) is 5.26 Å². The average molecular weight is 615 g/mol. The van der Waals surface area contributed by atoms with Crippen LogP contribution in [-0.4, -0.2) is 15.0 Å². The van der Waals surface area contributed by atoms with E-state index >= 15 is 0 Å². The SMILES string of the molecule is C=Cc1nc(-c2ccc(-c3cccc(C#N)c3)cc2)c(-c2ccc(-c3cc(-c4ccccc4)nc(-c4ccccc4)c3)cc2)nc1C=C. The molecule has 0 saturated heterocycles. The minimum atomic E-state index is 0.628. The van der Waals surface area contributed by atoms with Crippen molar-refractivity contribution < 1.29 is 0 Å². The molecule has 5 aromatic carbocycles. The molecule has 0 amide bonds. The molecule has 0 N–H and O–H groups in total. The summed E-state index contributed by atoms with van der Waals surface area (Å²) in [5, 5.41) is 9.35. The van der Waals surface area contributed by atoms with Crippen LogP contribution in [0.2, 0.25) is 0 Å². The standard InChI is InChI=1S/C44H30N4/c1-3-39-40(4-2)48-44(43(47-39)35-22-18-31(19-23-35)37-17-11-12-30(26-37)29-45)36-24-20-32(21-25-36)38-27-41(33-13-7-5-8-14-33)46-42(28-38)34-15-9-6-10-16-34/h3-28H,1-2H2. The van der Waals surface area contributed by atoms with Gasteiger partial charge in [0.15, 0.2) is 0 Å². The van der Waals surface area contributed by atoms with Crippen LogP contribution in [0.15, 0.2) is 159 Å². The molecule has 226 valence electrons. The Morgan fingerprint density at radius 1 is 0.417 bits per heavy atom. The summed E-state index contributed by atoms with van der Waals surface area (Å²) in [6, 6.07) is 51.3. The van der Waals surface area contributed by atoms with E-state index in [0.29, 0.717) is 17.0 Å². The highest BCUT2D eigenvalue weighted by molar-refractivity contribution is 5.83. The maximum atomic E-state index is 9.35. The second-order valence-electron chi connectivity index (χ2n) is 11.3. The molecule has 2 aromatic heterocycles. The molecule has 0 unspecified atom stereocenters. The first-order chi connectivity index (χ1) is 23.6. The van der Waals surface area contributed by atoms with Gasteiger partial charge in [-0.3, -0.25) is 0 Å². The number of hydrogen-bond acceptors (Lipinski definition) is 4. The smallest absolute Gasteiger partial charge is 0.0991 e. The Kier molecular flexibility index (Phi) is 8.33. The fourth-order valence-corrected chi connectivity index (χ4v) is 5.78. The van der Waals surface area contributed by atoms with Crippen LogP contribution in [0.1, 0.15) is 17.0 Å². The summed E-state index contributed by atoms with van der Waals surface area (Å²) in [4.78, 5) is 15.1. The van der Waals surface area contributed by atoms with Crippen molar-refractivity contribution in [1.29, 1.82) is 5.26 Å². The largest absolute Gasteiger partial charge is 0.248 e. The molecule has 0 bridgehead atoms. The molecule has 0 radical (unpaired) electrons. The average Bonchev–Trinajstić information content (AvgIpc) is 3.18. The van der Waals surface area contributed by atoms with Crippen LogP contribution < -0.4 is 0 Å². The lowest BCUT2D eigenvalue weighted by molar-refractivity contribution is 1.17. The molecule has 4 heteroatoms. The monoisotopic (exact) mass is 614 g/mol. The molecule has 0 aliphatic carbocycles. The summed E-state index contributed by atoms with van der Waals surface area (Å²) in [7, 11) is 0. The van der Waals surface area contributed by atoms with E-state index in [0.717, 1.165) is 67.3 Å². The van der Waals surface area contributed by atoms with Crippen molar-refractivity contribution in [3.63, 3.8) is 0 Å². The van der Waals surface area contributed by atoms with E-state index in [1.807, 2.05) is 84.9 Å². The Morgan fingerprint density at radius 2 is 0.854 bits per heavy atom. The highest BCUT2D eigenvalue weighted by atomic mass is 14.8. The molecule has 7 rings (SSSR count). The van der Waals surface area contributed by atoms with Gasteiger partial charge in [-0.05, 0) is 58.7 Å². The van der Waals surface area contributed by atoms with E-state index in [-0.39, 0.29) is 0 Å². The van der Waals surface area contributed by atoms with Crippen molar-refractivity contribution >= 4 is 12.2 Å². The van der Waals surface area contributed by atoms with Crippen LogP contribution in [-0.2, 0) is 0 Å². The maximum Gasteiger partial charge on any atom is 0.0991 e. The van der Waals surface area contributed by atoms with Crippen LogP contribution in [0, 0.1) is 11.3 Å². The molecule has 0 fully saturated rings. The fraction of sp³-hybridized carbons (Fsp3) is 0. The maximum absolute atomic E-state index is 9.35. The third-order valence-corrected chi connectivity index (χ3v) is 8.28. The Morgan fingerprint density at radius 3 is 1.31 bits per heavy atom. The molecule has 48 heavy (non-hydrogen) atoms. The van der Waals surface area contributed by atoms with Crippen molar-refractivity contribution in [1.82, 2.24) is 15.0 Å². The predicted molar refractivity (Wildman–Crippen MR) is 197 cm³/mol. The van der Waals surface area contributed by atoms with Crippen molar-refractivity contribution in [2.75, 3.05) is 0 Å². The van der Waals surface area contributed by atoms with Gasteiger partial charge in [0.2, 0.25) is 0 Å². The summed E-state index contributed by atoms with van der Waals surface area (Å²) in [6.45, 7) is 7.95. The van der Waals surface area contributed by atoms with Crippen LogP contribution in [0.5, 0.6) is 0 Å². The number of nitrogens with zero attached hydrogens (tertiary/aromatic N) is 4. The van der Waals surface area contributed by atoms with Crippen LogP contribution >= 0.6 is 0 Å². The summed E-state index contributed by atoms with van der Waals surface area (Å²) in [5.41, 5.74) is 13.5. The van der Waals surface area contributed by atoms with Gasteiger partial charge in [-0.25, -0.2) is 15.0 Å². The van der Waals surface area contributed by atoms with Gasteiger partial charge in [-0.1, -0.05) is 134 Å². The van der Waals surface area contributed by atoms with Gasteiger partial charge in [0.1, 0.15) is 0 Å². The third-order valence-electron chi connectivity index (χ3n) is 8.28. The summed E-state index contributed by atoms with van der Waals surface area (Å²) >= 11 is 0. The molecule has 0 aliphatic heterocycles. The van der Waals surface area contributed by atoms with Gasteiger partial charge in [0.05, 0.1) is 45.8 Å². The van der Waals surface area contributed by atoms with Gasteiger partial charge in [-0.2, -0.15) is 5.26 Å². The van der Waals surface area contributed by atoms with Crippen molar-refractivity contribution in [2.24, 2.45) is 0 Å². The summed E-state index contributed by atoms with van der Waals surface area (Å²) in [5.74, 6) is 0. The van der Waals surface area contributed by atoms with Gasteiger partial charge in [-0.15, -0.1) is 0 Å². The fourth-order valence-electron chi connectivity index (χ4n) is 5.78. The Balaban J connectivity index is 1.30. The second kappa shape index (κ2) is 13.3. The number of pyridine rings is 1. The highest BCUT2D eigenvalue weighted by Gasteiger charge is 2.16. The Labute approximate surface area is 280 Å². The quantitative estimate of drug-likeness (QED) is 0.171. The zero-order valence-corrected chi connectivity index (χ0v) is 26.2.